The molecule has 0 amide bonds. The molecular weight excluding hydrogens is 476 g/mol. The first-order valence-corrected chi connectivity index (χ1v) is 14.4. The van der Waals surface area contributed by atoms with Gasteiger partial charge in [0.05, 0.1) is 11.2 Å². The predicted molar refractivity (Wildman–Crippen MR) is 155 cm³/mol. The Bertz CT molecular complexity index is 977. The molecule has 0 saturated heterocycles. The van der Waals surface area contributed by atoms with Gasteiger partial charge in [0.1, 0.15) is 11.5 Å². The molecule has 6 heteroatoms. The van der Waals surface area contributed by atoms with Gasteiger partial charge in [-0.1, -0.05) is 49.9 Å². The molecule has 2 aromatic carbocycles. The highest BCUT2D eigenvalue weighted by Crippen LogP contribution is 2.46. The molecule has 2 aromatic rings. The molecule has 2 saturated carbocycles. The van der Waals surface area contributed by atoms with Crippen molar-refractivity contribution < 1.29 is 19.7 Å². The Morgan fingerprint density at radius 1 is 0.868 bits per heavy atom. The molecule has 0 heterocycles. The molecule has 4 unspecified atom stereocenters. The number of benzene rings is 2. The third-order valence-corrected chi connectivity index (χ3v) is 8.49. The van der Waals surface area contributed by atoms with Crippen molar-refractivity contribution in [2.45, 2.75) is 69.5 Å². The van der Waals surface area contributed by atoms with E-state index in [-0.39, 0.29) is 11.2 Å². The number of ether oxygens (including phenoxy) is 2. The fourth-order valence-electron chi connectivity index (χ4n) is 6.84. The van der Waals surface area contributed by atoms with Crippen LogP contribution in [-0.2, 0) is 20.7 Å². The van der Waals surface area contributed by atoms with E-state index in [9.17, 15) is 10.2 Å². The molecule has 0 radical (unpaired) electrons. The van der Waals surface area contributed by atoms with Gasteiger partial charge in [0, 0.05) is 38.6 Å². The highest BCUT2D eigenvalue weighted by molar-refractivity contribution is 5.33. The van der Waals surface area contributed by atoms with E-state index in [4.69, 9.17) is 9.47 Å². The van der Waals surface area contributed by atoms with Gasteiger partial charge in [-0.15, -0.1) is 0 Å². The van der Waals surface area contributed by atoms with E-state index < -0.39 is 0 Å². The highest BCUT2D eigenvalue weighted by atomic mass is 16.5. The van der Waals surface area contributed by atoms with Gasteiger partial charge in [0.2, 0.25) is 0 Å². The fraction of sp³-hybridized carbons (Fsp3) is 0.625. The number of rotatable bonds is 9. The number of hydrogen-bond donors (Lipinski definition) is 3. The second-order valence-corrected chi connectivity index (χ2v) is 11.2. The third kappa shape index (κ3) is 7.09. The van der Waals surface area contributed by atoms with E-state index in [0.717, 1.165) is 37.1 Å². The molecule has 0 aliphatic heterocycles. The SMILES string of the molecule is CCOC1(c2cccc(O)c2)CCCCC1CNC.COC1(c2cccc(O)c2)CCCCC1CN(C)C. The summed E-state index contributed by atoms with van der Waals surface area (Å²) < 4.78 is 12.2. The monoisotopic (exact) mass is 526 g/mol. The number of phenols is 2. The second-order valence-electron chi connectivity index (χ2n) is 11.2. The van der Waals surface area contributed by atoms with Crippen LogP contribution in [0.4, 0.5) is 0 Å². The van der Waals surface area contributed by atoms with Gasteiger partial charge in [-0.3, -0.25) is 0 Å². The second kappa shape index (κ2) is 14.3. The van der Waals surface area contributed by atoms with E-state index in [1.807, 2.05) is 31.3 Å². The Kier molecular flexibility index (Phi) is 11.5. The molecule has 4 rings (SSSR count). The molecule has 3 N–H and O–H groups in total. The topological polar surface area (TPSA) is 74.2 Å². The van der Waals surface area contributed by atoms with E-state index in [0.29, 0.717) is 29.9 Å². The average molecular weight is 527 g/mol. The quantitative estimate of drug-likeness (QED) is 0.371. The molecule has 38 heavy (non-hydrogen) atoms. The van der Waals surface area contributed by atoms with Gasteiger partial charge in [-0.2, -0.15) is 0 Å². The Labute approximate surface area is 230 Å². The van der Waals surface area contributed by atoms with Crippen molar-refractivity contribution in [2.24, 2.45) is 11.8 Å². The van der Waals surface area contributed by atoms with E-state index in [2.05, 4.69) is 43.4 Å². The maximum atomic E-state index is 9.77. The van der Waals surface area contributed by atoms with Crippen molar-refractivity contribution in [1.29, 1.82) is 0 Å². The summed E-state index contributed by atoms with van der Waals surface area (Å²) in [4.78, 5) is 2.23. The summed E-state index contributed by atoms with van der Waals surface area (Å²) in [5.74, 6) is 1.59. The third-order valence-electron chi connectivity index (χ3n) is 8.49. The first-order chi connectivity index (χ1) is 18.3. The van der Waals surface area contributed by atoms with Gasteiger partial charge in [-0.05, 0) is 89.1 Å². The van der Waals surface area contributed by atoms with Crippen LogP contribution in [0.2, 0.25) is 0 Å². The van der Waals surface area contributed by atoms with Crippen LogP contribution in [0.3, 0.4) is 0 Å². The highest BCUT2D eigenvalue weighted by Gasteiger charge is 2.43. The Morgan fingerprint density at radius 3 is 1.92 bits per heavy atom. The maximum Gasteiger partial charge on any atom is 0.115 e. The van der Waals surface area contributed by atoms with Gasteiger partial charge >= 0.3 is 0 Å². The number of nitrogens with one attached hydrogen (secondary N) is 1. The lowest BCUT2D eigenvalue weighted by Gasteiger charge is -2.44. The minimum Gasteiger partial charge on any atom is -0.508 e. The van der Waals surface area contributed by atoms with Gasteiger partial charge < -0.3 is 29.9 Å². The van der Waals surface area contributed by atoms with Crippen molar-refractivity contribution >= 4 is 0 Å². The van der Waals surface area contributed by atoms with Crippen LogP contribution in [0.1, 0.15) is 69.4 Å². The summed E-state index contributed by atoms with van der Waals surface area (Å²) in [6, 6.07) is 15.2. The van der Waals surface area contributed by atoms with Crippen LogP contribution in [0.25, 0.3) is 0 Å². The smallest absolute Gasteiger partial charge is 0.115 e. The van der Waals surface area contributed by atoms with Crippen LogP contribution in [0, 0.1) is 11.8 Å². The van der Waals surface area contributed by atoms with Gasteiger partial charge in [0.25, 0.3) is 0 Å². The first-order valence-electron chi connectivity index (χ1n) is 14.4. The number of aromatic hydroxyl groups is 2. The summed E-state index contributed by atoms with van der Waals surface area (Å²) in [5, 5.41) is 22.8. The maximum absolute atomic E-state index is 9.77. The van der Waals surface area contributed by atoms with Gasteiger partial charge in [-0.25, -0.2) is 0 Å². The number of phenolic OH excluding ortho intramolecular Hbond substituents is 2. The van der Waals surface area contributed by atoms with E-state index in [1.54, 1.807) is 19.2 Å². The summed E-state index contributed by atoms with van der Waals surface area (Å²) >= 11 is 0. The molecule has 2 fully saturated rings. The number of nitrogens with zero attached hydrogens (tertiary/aromatic N) is 1. The normalized spacial score (nSPS) is 27.5. The minimum atomic E-state index is -0.249. The first kappa shape index (κ1) is 30.4. The lowest BCUT2D eigenvalue weighted by Crippen LogP contribution is -2.44. The molecule has 0 aromatic heterocycles. The van der Waals surface area contributed by atoms with Crippen molar-refractivity contribution in [3.8, 4) is 11.5 Å². The Morgan fingerprint density at radius 2 is 1.42 bits per heavy atom. The van der Waals surface area contributed by atoms with E-state index in [1.165, 1.54) is 38.5 Å². The van der Waals surface area contributed by atoms with Crippen molar-refractivity contribution in [3.05, 3.63) is 59.7 Å². The Balaban J connectivity index is 0.000000211. The van der Waals surface area contributed by atoms with Crippen molar-refractivity contribution in [2.75, 3.05) is 47.9 Å². The lowest BCUT2D eigenvalue weighted by molar-refractivity contribution is -0.110. The predicted octanol–water partition coefficient (Wildman–Crippen LogP) is 6.02. The zero-order valence-electron chi connectivity index (χ0n) is 24.2. The molecule has 0 bridgehead atoms. The number of methoxy groups -OCH3 is 1. The molecule has 6 nitrogen and oxygen atoms in total. The van der Waals surface area contributed by atoms with Crippen LogP contribution in [-0.4, -0.2) is 63.1 Å². The van der Waals surface area contributed by atoms with Crippen molar-refractivity contribution in [1.82, 2.24) is 10.2 Å². The van der Waals surface area contributed by atoms with Crippen LogP contribution in [0.5, 0.6) is 11.5 Å². The summed E-state index contributed by atoms with van der Waals surface area (Å²) in [5.41, 5.74) is 1.74. The summed E-state index contributed by atoms with van der Waals surface area (Å²) in [6.07, 6.45) is 9.34. The largest absolute Gasteiger partial charge is 0.508 e. The molecule has 2 aliphatic rings. The van der Waals surface area contributed by atoms with Crippen LogP contribution in [0.15, 0.2) is 48.5 Å². The lowest BCUT2D eigenvalue weighted by atomic mass is 9.71. The molecule has 0 spiro atoms. The van der Waals surface area contributed by atoms with Crippen LogP contribution >= 0.6 is 0 Å². The zero-order valence-corrected chi connectivity index (χ0v) is 24.2. The Hall–Kier alpha value is -2.12. The molecule has 212 valence electrons. The van der Waals surface area contributed by atoms with Crippen LogP contribution < -0.4 is 5.32 Å². The minimum absolute atomic E-state index is 0.241. The van der Waals surface area contributed by atoms with Gasteiger partial charge in [0.15, 0.2) is 0 Å². The van der Waals surface area contributed by atoms with Crippen molar-refractivity contribution in [3.63, 3.8) is 0 Å². The molecule has 4 atom stereocenters. The summed E-state index contributed by atoms with van der Waals surface area (Å²) in [6.45, 7) is 4.73. The molecule has 2 aliphatic carbocycles. The zero-order chi connectivity index (χ0) is 27.6. The van der Waals surface area contributed by atoms with E-state index >= 15 is 0 Å². The summed E-state index contributed by atoms with van der Waals surface area (Å²) in [7, 11) is 8.01. The average Bonchev–Trinajstić information content (AvgIpc) is 2.90. The standard InChI is InChI=1S/2C16H25NO2/c1-17(2)12-14-7-4-5-10-16(14,19-3)13-8-6-9-15(18)11-13;1-3-19-16(13-8-6-9-15(18)11-13)10-5-4-7-14(16)12-17-2/h6,8-9,11,14,18H,4-5,7,10,12H2,1-3H3;6,8-9,11,14,17-18H,3-5,7,10,12H2,1-2H3. The molecular formula is C32H50N2O4. The fourth-order valence-corrected chi connectivity index (χ4v) is 6.84. The number of hydrogen-bond acceptors (Lipinski definition) is 6.